The van der Waals surface area contributed by atoms with E-state index < -0.39 is 10.8 Å². The molecule has 2 amide bonds. The molecule has 2 aromatic carbocycles. The van der Waals surface area contributed by atoms with Crippen molar-refractivity contribution in [2.45, 2.75) is 13.8 Å². The van der Waals surface area contributed by atoms with Gasteiger partial charge in [-0.05, 0) is 44.2 Å². The summed E-state index contributed by atoms with van der Waals surface area (Å²) in [6, 6.07) is 9.43. The summed E-state index contributed by atoms with van der Waals surface area (Å²) in [5, 5.41) is 16.2. The summed E-state index contributed by atoms with van der Waals surface area (Å²) in [5.41, 5.74) is 2.91. The SMILES string of the molecule is Cc1cccc(NC(=O)CN(C)CC(=O)Nc2ccc([N+](=O)[O-])cc2Cl)c1C. The minimum absolute atomic E-state index is 0.0226. The Morgan fingerprint density at radius 3 is 2.25 bits per heavy atom. The standard InChI is InChI=1S/C19H21ClN4O4/c1-12-5-4-6-16(13(12)2)21-18(25)10-23(3)11-19(26)22-17-8-7-14(24(27)28)9-15(17)20/h4-9H,10-11H2,1-3H3,(H,21,25)(H,22,26). The van der Waals surface area contributed by atoms with Crippen LogP contribution in [-0.2, 0) is 9.59 Å². The normalized spacial score (nSPS) is 10.6. The number of nitro benzene ring substituents is 1. The van der Waals surface area contributed by atoms with E-state index in [2.05, 4.69) is 10.6 Å². The minimum atomic E-state index is -0.570. The number of benzene rings is 2. The molecule has 9 heteroatoms. The van der Waals surface area contributed by atoms with Crippen molar-refractivity contribution >= 4 is 40.5 Å². The summed E-state index contributed by atoms with van der Waals surface area (Å²) in [7, 11) is 1.64. The number of likely N-dealkylation sites (N-methyl/N-ethyl adjacent to an activating group) is 1. The van der Waals surface area contributed by atoms with Crippen LogP contribution in [0.2, 0.25) is 5.02 Å². The number of carbonyl (C=O) groups excluding carboxylic acids is 2. The van der Waals surface area contributed by atoms with Gasteiger partial charge in [0.25, 0.3) is 5.69 Å². The Kier molecular flexibility index (Phi) is 7.08. The predicted octanol–water partition coefficient (Wildman–Crippen LogP) is 3.37. The highest BCUT2D eigenvalue weighted by molar-refractivity contribution is 6.34. The maximum Gasteiger partial charge on any atom is 0.271 e. The smallest absolute Gasteiger partial charge is 0.271 e. The molecule has 2 aromatic rings. The van der Waals surface area contributed by atoms with Gasteiger partial charge in [-0.15, -0.1) is 0 Å². The summed E-state index contributed by atoms with van der Waals surface area (Å²) in [6.07, 6.45) is 0. The maximum absolute atomic E-state index is 12.2. The van der Waals surface area contributed by atoms with Crippen LogP contribution in [0.4, 0.5) is 17.1 Å². The molecule has 2 rings (SSSR count). The van der Waals surface area contributed by atoms with Gasteiger partial charge < -0.3 is 10.6 Å². The fraction of sp³-hybridized carbons (Fsp3) is 0.263. The molecule has 148 valence electrons. The summed E-state index contributed by atoms with van der Waals surface area (Å²) in [4.78, 5) is 36.1. The summed E-state index contributed by atoms with van der Waals surface area (Å²) in [5.74, 6) is -0.629. The molecule has 0 fully saturated rings. The number of anilines is 2. The van der Waals surface area contributed by atoms with Gasteiger partial charge in [-0.3, -0.25) is 24.6 Å². The quantitative estimate of drug-likeness (QED) is 0.543. The Morgan fingerprint density at radius 1 is 1.07 bits per heavy atom. The zero-order valence-corrected chi connectivity index (χ0v) is 16.5. The van der Waals surface area contributed by atoms with Crippen LogP contribution in [0.5, 0.6) is 0 Å². The zero-order valence-electron chi connectivity index (χ0n) is 15.8. The monoisotopic (exact) mass is 404 g/mol. The molecule has 0 radical (unpaired) electrons. The van der Waals surface area contributed by atoms with E-state index in [0.29, 0.717) is 0 Å². The van der Waals surface area contributed by atoms with E-state index in [1.165, 1.54) is 18.2 Å². The number of amides is 2. The van der Waals surface area contributed by atoms with Crippen LogP contribution < -0.4 is 10.6 Å². The number of rotatable bonds is 7. The van der Waals surface area contributed by atoms with E-state index in [0.717, 1.165) is 16.8 Å². The fourth-order valence-electron chi connectivity index (χ4n) is 2.53. The van der Waals surface area contributed by atoms with Crippen molar-refractivity contribution in [2.24, 2.45) is 0 Å². The lowest BCUT2D eigenvalue weighted by atomic mass is 10.1. The molecule has 8 nitrogen and oxygen atoms in total. The number of halogens is 1. The van der Waals surface area contributed by atoms with Crippen LogP contribution in [0.25, 0.3) is 0 Å². The van der Waals surface area contributed by atoms with Gasteiger partial charge in [0, 0.05) is 17.8 Å². The van der Waals surface area contributed by atoms with Gasteiger partial charge in [-0.25, -0.2) is 0 Å². The molecule has 0 aliphatic rings. The fourth-order valence-corrected chi connectivity index (χ4v) is 2.75. The molecule has 0 aromatic heterocycles. The van der Waals surface area contributed by atoms with Crippen molar-refractivity contribution in [3.05, 3.63) is 62.7 Å². The number of nitrogens with one attached hydrogen (secondary N) is 2. The van der Waals surface area contributed by atoms with E-state index in [1.54, 1.807) is 11.9 Å². The van der Waals surface area contributed by atoms with Gasteiger partial charge >= 0.3 is 0 Å². The van der Waals surface area contributed by atoms with Gasteiger partial charge in [0.05, 0.1) is 28.7 Å². The van der Waals surface area contributed by atoms with Gasteiger partial charge in [0.2, 0.25) is 11.8 Å². The largest absolute Gasteiger partial charge is 0.325 e. The van der Waals surface area contributed by atoms with Gasteiger partial charge in [-0.2, -0.15) is 0 Å². The molecule has 0 heterocycles. The van der Waals surface area contributed by atoms with Gasteiger partial charge in [-0.1, -0.05) is 23.7 Å². The molecule has 0 unspecified atom stereocenters. The summed E-state index contributed by atoms with van der Waals surface area (Å²) >= 11 is 5.96. The molecular formula is C19H21ClN4O4. The second kappa shape index (κ2) is 9.29. The molecule has 2 N–H and O–H groups in total. The topological polar surface area (TPSA) is 105 Å². The summed E-state index contributed by atoms with van der Waals surface area (Å²) < 4.78 is 0. The highest BCUT2D eigenvalue weighted by Gasteiger charge is 2.15. The number of aryl methyl sites for hydroxylation is 1. The molecular weight excluding hydrogens is 384 g/mol. The third-order valence-electron chi connectivity index (χ3n) is 4.14. The Labute approximate surface area is 167 Å². The second-order valence-corrected chi connectivity index (χ2v) is 6.84. The number of nitro groups is 1. The highest BCUT2D eigenvalue weighted by Crippen LogP contribution is 2.26. The first-order chi connectivity index (χ1) is 13.2. The van der Waals surface area contributed by atoms with Crippen LogP contribution >= 0.6 is 11.6 Å². The van der Waals surface area contributed by atoms with E-state index in [4.69, 9.17) is 11.6 Å². The lowest BCUT2D eigenvalue weighted by molar-refractivity contribution is -0.384. The Bertz CT molecular complexity index is 917. The Balaban J connectivity index is 1.89. The van der Waals surface area contributed by atoms with Crippen LogP contribution in [0.1, 0.15) is 11.1 Å². The zero-order chi connectivity index (χ0) is 20.8. The first kappa shape index (κ1) is 21.3. The molecule has 0 saturated heterocycles. The first-order valence-electron chi connectivity index (χ1n) is 8.45. The number of nitrogens with zero attached hydrogens (tertiary/aromatic N) is 2. The van der Waals surface area contributed by atoms with E-state index in [9.17, 15) is 19.7 Å². The van der Waals surface area contributed by atoms with Crippen molar-refractivity contribution in [3.8, 4) is 0 Å². The predicted molar refractivity (Wildman–Crippen MR) is 109 cm³/mol. The van der Waals surface area contributed by atoms with E-state index >= 15 is 0 Å². The van der Waals surface area contributed by atoms with E-state index in [-0.39, 0.29) is 35.4 Å². The van der Waals surface area contributed by atoms with Crippen molar-refractivity contribution in [1.29, 1.82) is 0 Å². The number of hydrogen-bond donors (Lipinski definition) is 2. The highest BCUT2D eigenvalue weighted by atomic mass is 35.5. The third kappa shape index (κ3) is 5.77. The van der Waals surface area contributed by atoms with E-state index in [1.807, 2.05) is 32.0 Å². The van der Waals surface area contributed by atoms with Crippen molar-refractivity contribution < 1.29 is 14.5 Å². The van der Waals surface area contributed by atoms with Crippen LogP contribution in [0.3, 0.4) is 0 Å². The average Bonchev–Trinajstić information content (AvgIpc) is 2.60. The molecule has 0 aliphatic heterocycles. The summed E-state index contributed by atoms with van der Waals surface area (Å²) in [6.45, 7) is 3.86. The maximum atomic E-state index is 12.2. The van der Waals surface area contributed by atoms with Crippen LogP contribution in [-0.4, -0.2) is 41.8 Å². The lowest BCUT2D eigenvalue weighted by Crippen LogP contribution is -2.36. The van der Waals surface area contributed by atoms with Crippen molar-refractivity contribution in [3.63, 3.8) is 0 Å². The minimum Gasteiger partial charge on any atom is -0.325 e. The third-order valence-corrected chi connectivity index (χ3v) is 4.46. The number of hydrogen-bond acceptors (Lipinski definition) is 5. The molecule has 0 bridgehead atoms. The second-order valence-electron chi connectivity index (χ2n) is 6.44. The van der Waals surface area contributed by atoms with Crippen LogP contribution in [0.15, 0.2) is 36.4 Å². The molecule has 0 aliphatic carbocycles. The molecule has 0 saturated carbocycles. The molecule has 0 atom stereocenters. The molecule has 0 spiro atoms. The number of non-ortho nitro benzene ring substituents is 1. The van der Waals surface area contributed by atoms with Crippen molar-refractivity contribution in [2.75, 3.05) is 30.8 Å². The first-order valence-corrected chi connectivity index (χ1v) is 8.83. The average molecular weight is 405 g/mol. The van der Waals surface area contributed by atoms with Gasteiger partial charge in [0.1, 0.15) is 0 Å². The lowest BCUT2D eigenvalue weighted by Gasteiger charge is -2.17. The van der Waals surface area contributed by atoms with Crippen LogP contribution in [0, 0.1) is 24.0 Å². The van der Waals surface area contributed by atoms with Crippen molar-refractivity contribution in [1.82, 2.24) is 4.90 Å². The Morgan fingerprint density at radius 2 is 1.68 bits per heavy atom. The number of carbonyl (C=O) groups is 2. The Hall–Kier alpha value is -2.97. The molecule has 28 heavy (non-hydrogen) atoms. The van der Waals surface area contributed by atoms with Gasteiger partial charge in [0.15, 0.2) is 0 Å².